The van der Waals surface area contributed by atoms with Crippen molar-refractivity contribution in [3.8, 4) is 5.75 Å². The van der Waals surface area contributed by atoms with Gasteiger partial charge in [0.1, 0.15) is 11.6 Å². The Kier molecular flexibility index (Phi) is 7.22. The second kappa shape index (κ2) is 9.64. The Bertz CT molecular complexity index is 654. The monoisotopic (exact) mass is 342 g/mol. The number of ether oxygens (including phenoxy) is 1. The zero-order valence-corrected chi connectivity index (χ0v) is 15.1. The highest BCUT2D eigenvalue weighted by atomic mass is 16.5. The van der Waals surface area contributed by atoms with Gasteiger partial charge in [-0.25, -0.2) is 4.98 Å². The second-order valence-electron chi connectivity index (χ2n) is 6.05. The van der Waals surface area contributed by atoms with E-state index in [0.717, 1.165) is 30.1 Å². The molecule has 0 aliphatic heterocycles. The molecule has 134 valence electrons. The highest BCUT2D eigenvalue weighted by Gasteiger charge is 2.05. The number of nitrogens with one attached hydrogen (secondary N) is 2. The minimum Gasteiger partial charge on any atom is -0.497 e. The minimum absolute atomic E-state index is 0.0899. The Labute approximate surface area is 149 Å². The van der Waals surface area contributed by atoms with Gasteiger partial charge in [-0.3, -0.25) is 4.79 Å². The van der Waals surface area contributed by atoms with Gasteiger partial charge in [0.15, 0.2) is 0 Å². The number of hydrogen-bond acceptors (Lipinski definition) is 5. The van der Waals surface area contributed by atoms with Crippen LogP contribution in [0.5, 0.6) is 5.75 Å². The van der Waals surface area contributed by atoms with E-state index in [1.807, 2.05) is 44.4 Å². The predicted molar refractivity (Wildman–Crippen MR) is 100 cm³/mol. The molecular formula is C19H26N4O2. The number of nitrogens with zero attached hydrogens (tertiary/aromatic N) is 2. The summed E-state index contributed by atoms with van der Waals surface area (Å²) in [6.45, 7) is 2.27. The fraction of sp³-hybridized carbons (Fsp3) is 0.368. The number of aromatic nitrogens is 1. The highest BCUT2D eigenvalue weighted by Crippen LogP contribution is 2.13. The van der Waals surface area contributed by atoms with Gasteiger partial charge in [0.05, 0.1) is 12.7 Å². The normalized spacial score (nSPS) is 10.6. The molecule has 25 heavy (non-hydrogen) atoms. The lowest BCUT2D eigenvalue weighted by Crippen LogP contribution is -2.27. The van der Waals surface area contributed by atoms with E-state index in [1.54, 1.807) is 19.4 Å². The maximum atomic E-state index is 12.0. The SMILES string of the molecule is COc1ccc(CNc2ccc(C(=O)NCCCN(C)C)cn2)cc1. The summed E-state index contributed by atoms with van der Waals surface area (Å²) in [7, 11) is 5.68. The van der Waals surface area contributed by atoms with Crippen LogP contribution in [0.1, 0.15) is 22.3 Å². The Morgan fingerprint density at radius 3 is 2.52 bits per heavy atom. The molecule has 0 fully saturated rings. The summed E-state index contributed by atoms with van der Waals surface area (Å²) < 4.78 is 5.14. The van der Waals surface area contributed by atoms with Crippen molar-refractivity contribution in [2.24, 2.45) is 0 Å². The van der Waals surface area contributed by atoms with Crippen LogP contribution in [0.25, 0.3) is 0 Å². The maximum absolute atomic E-state index is 12.0. The predicted octanol–water partition coefficient (Wildman–Crippen LogP) is 2.38. The molecule has 0 aliphatic carbocycles. The molecule has 0 radical (unpaired) electrons. The van der Waals surface area contributed by atoms with Crippen molar-refractivity contribution in [3.05, 3.63) is 53.7 Å². The Balaban J connectivity index is 1.79. The molecule has 2 rings (SSSR count). The van der Waals surface area contributed by atoms with E-state index in [4.69, 9.17) is 4.74 Å². The molecular weight excluding hydrogens is 316 g/mol. The maximum Gasteiger partial charge on any atom is 0.252 e. The number of benzene rings is 1. The van der Waals surface area contributed by atoms with Crippen molar-refractivity contribution in [2.75, 3.05) is 39.6 Å². The van der Waals surface area contributed by atoms with Crippen LogP contribution in [0.4, 0.5) is 5.82 Å². The van der Waals surface area contributed by atoms with Gasteiger partial charge in [0.2, 0.25) is 0 Å². The van der Waals surface area contributed by atoms with Gasteiger partial charge in [-0.15, -0.1) is 0 Å². The number of carbonyl (C=O) groups is 1. The summed E-state index contributed by atoms with van der Waals surface area (Å²) in [6.07, 6.45) is 2.52. The minimum atomic E-state index is -0.0899. The quantitative estimate of drug-likeness (QED) is 0.685. The van der Waals surface area contributed by atoms with E-state index in [9.17, 15) is 4.79 Å². The fourth-order valence-electron chi connectivity index (χ4n) is 2.27. The van der Waals surface area contributed by atoms with Crippen LogP contribution >= 0.6 is 0 Å². The van der Waals surface area contributed by atoms with Crippen molar-refractivity contribution < 1.29 is 9.53 Å². The third-order valence-corrected chi connectivity index (χ3v) is 3.73. The van der Waals surface area contributed by atoms with Crippen molar-refractivity contribution in [3.63, 3.8) is 0 Å². The molecule has 0 bridgehead atoms. The summed E-state index contributed by atoms with van der Waals surface area (Å²) >= 11 is 0. The first-order valence-electron chi connectivity index (χ1n) is 8.34. The van der Waals surface area contributed by atoms with Crippen molar-refractivity contribution in [1.82, 2.24) is 15.2 Å². The summed E-state index contributed by atoms with van der Waals surface area (Å²) in [5.41, 5.74) is 1.70. The highest BCUT2D eigenvalue weighted by molar-refractivity contribution is 5.94. The van der Waals surface area contributed by atoms with E-state index in [1.165, 1.54) is 0 Å². The molecule has 0 spiro atoms. The first-order chi connectivity index (χ1) is 12.1. The van der Waals surface area contributed by atoms with Crippen molar-refractivity contribution in [1.29, 1.82) is 0 Å². The molecule has 1 aromatic heterocycles. The standard InChI is InChI=1S/C19H26N4O2/c1-23(2)12-4-11-20-19(24)16-7-10-18(22-14-16)21-13-15-5-8-17(25-3)9-6-15/h5-10,14H,4,11-13H2,1-3H3,(H,20,24)(H,21,22). The van der Waals surface area contributed by atoms with Crippen LogP contribution in [0.2, 0.25) is 0 Å². The lowest BCUT2D eigenvalue weighted by Gasteiger charge is -2.10. The van der Waals surface area contributed by atoms with E-state index in [0.29, 0.717) is 18.7 Å². The number of hydrogen-bond donors (Lipinski definition) is 2. The topological polar surface area (TPSA) is 66.5 Å². The van der Waals surface area contributed by atoms with Crippen molar-refractivity contribution >= 4 is 11.7 Å². The van der Waals surface area contributed by atoms with Gasteiger partial charge in [0.25, 0.3) is 5.91 Å². The fourth-order valence-corrected chi connectivity index (χ4v) is 2.27. The number of amides is 1. The zero-order chi connectivity index (χ0) is 18.1. The third-order valence-electron chi connectivity index (χ3n) is 3.73. The second-order valence-corrected chi connectivity index (χ2v) is 6.05. The molecule has 0 saturated heterocycles. The number of pyridine rings is 1. The van der Waals surface area contributed by atoms with Gasteiger partial charge >= 0.3 is 0 Å². The third kappa shape index (κ3) is 6.43. The Morgan fingerprint density at radius 1 is 1.16 bits per heavy atom. The van der Waals surface area contributed by atoms with E-state index >= 15 is 0 Å². The molecule has 0 unspecified atom stereocenters. The average Bonchev–Trinajstić information content (AvgIpc) is 2.64. The number of carbonyl (C=O) groups excluding carboxylic acids is 1. The van der Waals surface area contributed by atoms with Crippen LogP contribution in [-0.4, -0.2) is 50.1 Å². The zero-order valence-electron chi connectivity index (χ0n) is 15.1. The largest absolute Gasteiger partial charge is 0.497 e. The average molecular weight is 342 g/mol. The molecule has 1 aromatic carbocycles. The number of methoxy groups -OCH3 is 1. The molecule has 2 N–H and O–H groups in total. The molecule has 6 nitrogen and oxygen atoms in total. The summed E-state index contributed by atoms with van der Waals surface area (Å²) in [4.78, 5) is 18.4. The molecule has 6 heteroatoms. The van der Waals surface area contributed by atoms with Gasteiger partial charge in [-0.05, 0) is 56.9 Å². The van der Waals surface area contributed by atoms with E-state index in [2.05, 4.69) is 20.5 Å². The number of rotatable bonds is 9. The van der Waals surface area contributed by atoms with E-state index < -0.39 is 0 Å². The lowest BCUT2D eigenvalue weighted by atomic mass is 10.2. The molecule has 1 amide bonds. The number of anilines is 1. The summed E-state index contributed by atoms with van der Waals surface area (Å²) in [6, 6.07) is 11.5. The van der Waals surface area contributed by atoms with Crippen molar-refractivity contribution in [2.45, 2.75) is 13.0 Å². The van der Waals surface area contributed by atoms with Crippen LogP contribution in [-0.2, 0) is 6.54 Å². The van der Waals surface area contributed by atoms with Crippen LogP contribution in [0.15, 0.2) is 42.6 Å². The molecule has 0 saturated carbocycles. The van der Waals surface area contributed by atoms with Crippen LogP contribution in [0.3, 0.4) is 0 Å². The smallest absolute Gasteiger partial charge is 0.252 e. The molecule has 2 aromatic rings. The summed E-state index contributed by atoms with van der Waals surface area (Å²) in [5, 5.41) is 6.14. The molecule has 1 heterocycles. The first-order valence-corrected chi connectivity index (χ1v) is 8.34. The molecule has 0 atom stereocenters. The Hall–Kier alpha value is -2.60. The summed E-state index contributed by atoms with van der Waals surface area (Å²) in [5.74, 6) is 1.48. The lowest BCUT2D eigenvalue weighted by molar-refractivity contribution is 0.0952. The first kappa shape index (κ1) is 18.7. The van der Waals surface area contributed by atoms with E-state index in [-0.39, 0.29) is 5.91 Å². The van der Waals surface area contributed by atoms with Crippen LogP contribution in [0, 0.1) is 0 Å². The van der Waals surface area contributed by atoms with Gasteiger partial charge < -0.3 is 20.3 Å². The van der Waals surface area contributed by atoms with Gasteiger partial charge in [0, 0.05) is 19.3 Å². The van der Waals surface area contributed by atoms with Gasteiger partial charge in [-0.1, -0.05) is 12.1 Å². The van der Waals surface area contributed by atoms with Crippen LogP contribution < -0.4 is 15.4 Å². The van der Waals surface area contributed by atoms with Gasteiger partial charge in [-0.2, -0.15) is 0 Å². The molecule has 0 aliphatic rings. The Morgan fingerprint density at radius 2 is 1.92 bits per heavy atom.